The molecule has 0 bridgehead atoms. The minimum atomic E-state index is -4.73. The summed E-state index contributed by atoms with van der Waals surface area (Å²) in [6.07, 6.45) is 4.60. The number of hydrogen-bond donors (Lipinski definition) is 3. The molecule has 1 aliphatic carbocycles. The van der Waals surface area contributed by atoms with E-state index in [-0.39, 0.29) is 5.75 Å². The van der Waals surface area contributed by atoms with E-state index in [0.717, 1.165) is 38.9 Å². The van der Waals surface area contributed by atoms with Crippen LogP contribution in [0.25, 0.3) is 0 Å². The van der Waals surface area contributed by atoms with Crippen LogP contribution in [-0.4, -0.2) is 57.9 Å². The summed E-state index contributed by atoms with van der Waals surface area (Å²) in [6.45, 7) is 5.03. The predicted octanol–water partition coefficient (Wildman–Crippen LogP) is 5.54. The van der Waals surface area contributed by atoms with Crippen molar-refractivity contribution < 1.29 is 17.9 Å². The smallest absolute Gasteiger partial charge is 0.406 e. The standard InChI is InChI=1S/C24H34F3N7O/c1-2-34-15-7-10-19(34)16-28-21-31-22(29-17-8-5-3-4-6-9-17)33-23(32-21)30-18-11-13-20(14-12-18)35-24(25,26)27/h11-14,17,19H,2-10,15-16H2,1H3,(H3,28,29,30,31,32,33). The van der Waals surface area contributed by atoms with Crippen molar-refractivity contribution in [2.75, 3.05) is 35.6 Å². The van der Waals surface area contributed by atoms with Gasteiger partial charge in [0.2, 0.25) is 17.8 Å². The first-order valence-corrected chi connectivity index (χ1v) is 12.5. The van der Waals surface area contributed by atoms with Gasteiger partial charge in [-0.2, -0.15) is 15.0 Å². The van der Waals surface area contributed by atoms with Crippen molar-refractivity contribution in [3.05, 3.63) is 24.3 Å². The number of halogens is 3. The zero-order valence-electron chi connectivity index (χ0n) is 20.1. The summed E-state index contributed by atoms with van der Waals surface area (Å²) >= 11 is 0. The highest BCUT2D eigenvalue weighted by Crippen LogP contribution is 2.26. The average molecular weight is 494 g/mol. The zero-order valence-corrected chi connectivity index (χ0v) is 20.1. The number of rotatable bonds is 9. The van der Waals surface area contributed by atoms with E-state index in [9.17, 15) is 13.2 Å². The lowest BCUT2D eigenvalue weighted by atomic mass is 10.1. The van der Waals surface area contributed by atoms with Crippen LogP contribution in [0.2, 0.25) is 0 Å². The Morgan fingerprint density at radius 2 is 1.60 bits per heavy atom. The van der Waals surface area contributed by atoms with E-state index < -0.39 is 6.36 Å². The Morgan fingerprint density at radius 3 is 2.29 bits per heavy atom. The minimum Gasteiger partial charge on any atom is -0.406 e. The van der Waals surface area contributed by atoms with Gasteiger partial charge in [-0.15, -0.1) is 13.2 Å². The third kappa shape index (κ3) is 7.84. The van der Waals surface area contributed by atoms with Gasteiger partial charge < -0.3 is 20.7 Å². The highest BCUT2D eigenvalue weighted by Gasteiger charge is 2.31. The summed E-state index contributed by atoms with van der Waals surface area (Å²) in [6, 6.07) is 6.24. The molecule has 2 heterocycles. The molecule has 1 aliphatic heterocycles. The van der Waals surface area contributed by atoms with Crippen LogP contribution in [0.4, 0.5) is 36.7 Å². The molecular formula is C24H34F3N7O. The molecule has 35 heavy (non-hydrogen) atoms. The molecule has 0 amide bonds. The van der Waals surface area contributed by atoms with Crippen LogP contribution in [0.5, 0.6) is 5.75 Å². The first kappa shape index (κ1) is 25.3. The molecule has 1 saturated carbocycles. The molecule has 1 saturated heterocycles. The Labute approximate surface area is 204 Å². The largest absolute Gasteiger partial charge is 0.573 e. The number of ether oxygens (including phenoxy) is 1. The second-order valence-electron chi connectivity index (χ2n) is 9.14. The lowest BCUT2D eigenvalue weighted by Gasteiger charge is -2.23. The fourth-order valence-electron chi connectivity index (χ4n) is 4.80. The van der Waals surface area contributed by atoms with Gasteiger partial charge in [0.25, 0.3) is 0 Å². The first-order chi connectivity index (χ1) is 16.9. The second-order valence-corrected chi connectivity index (χ2v) is 9.14. The quantitative estimate of drug-likeness (QED) is 0.392. The molecule has 2 aliphatic rings. The number of hydrogen-bond acceptors (Lipinski definition) is 8. The van der Waals surface area contributed by atoms with Gasteiger partial charge in [-0.1, -0.05) is 32.6 Å². The molecule has 0 spiro atoms. The maximum atomic E-state index is 12.4. The highest BCUT2D eigenvalue weighted by atomic mass is 19.4. The van der Waals surface area contributed by atoms with Gasteiger partial charge in [0.1, 0.15) is 5.75 Å². The fourth-order valence-corrected chi connectivity index (χ4v) is 4.80. The van der Waals surface area contributed by atoms with Crippen LogP contribution in [0.1, 0.15) is 58.3 Å². The van der Waals surface area contributed by atoms with Crippen LogP contribution in [0.15, 0.2) is 24.3 Å². The predicted molar refractivity (Wildman–Crippen MR) is 130 cm³/mol. The van der Waals surface area contributed by atoms with Crippen molar-refractivity contribution in [2.45, 2.75) is 76.7 Å². The third-order valence-electron chi connectivity index (χ3n) is 6.57. The maximum Gasteiger partial charge on any atom is 0.573 e. The molecule has 1 atom stereocenters. The van der Waals surface area contributed by atoms with E-state index >= 15 is 0 Å². The number of benzene rings is 1. The Bertz CT molecular complexity index is 934. The number of anilines is 4. The first-order valence-electron chi connectivity index (χ1n) is 12.5. The van der Waals surface area contributed by atoms with Crippen molar-refractivity contribution in [1.82, 2.24) is 19.9 Å². The Kier molecular flexibility index (Phi) is 8.48. The molecule has 1 unspecified atom stereocenters. The van der Waals surface area contributed by atoms with E-state index in [1.807, 2.05) is 0 Å². The van der Waals surface area contributed by atoms with Crippen molar-refractivity contribution >= 4 is 23.5 Å². The molecule has 2 fully saturated rings. The van der Waals surface area contributed by atoms with Gasteiger partial charge in [-0.05, 0) is 63.0 Å². The third-order valence-corrected chi connectivity index (χ3v) is 6.57. The molecule has 8 nitrogen and oxygen atoms in total. The SMILES string of the molecule is CCN1CCCC1CNc1nc(Nc2ccc(OC(F)(F)F)cc2)nc(NC2CCCCCC2)n1. The van der Waals surface area contributed by atoms with Crippen molar-refractivity contribution in [3.63, 3.8) is 0 Å². The van der Waals surface area contributed by atoms with Crippen LogP contribution in [0, 0.1) is 0 Å². The average Bonchev–Trinajstić information content (AvgIpc) is 3.12. The zero-order chi connectivity index (χ0) is 24.7. The van der Waals surface area contributed by atoms with Crippen LogP contribution in [-0.2, 0) is 0 Å². The summed E-state index contributed by atoms with van der Waals surface area (Å²) in [5.74, 6) is 1.00. The molecule has 3 N–H and O–H groups in total. The topological polar surface area (TPSA) is 87.2 Å². The monoisotopic (exact) mass is 493 g/mol. The molecule has 1 aromatic carbocycles. The van der Waals surface area contributed by atoms with Crippen molar-refractivity contribution in [1.29, 1.82) is 0 Å². The van der Waals surface area contributed by atoms with E-state index in [4.69, 9.17) is 0 Å². The molecule has 0 radical (unpaired) electrons. The molecule has 192 valence electrons. The van der Waals surface area contributed by atoms with Gasteiger partial charge in [-0.25, -0.2) is 0 Å². The Hall–Kier alpha value is -2.82. The van der Waals surface area contributed by atoms with E-state index in [1.165, 1.54) is 56.4 Å². The number of nitrogens with one attached hydrogen (secondary N) is 3. The second kappa shape index (κ2) is 11.7. The van der Waals surface area contributed by atoms with Gasteiger partial charge in [0.15, 0.2) is 0 Å². The highest BCUT2D eigenvalue weighted by molar-refractivity contribution is 5.56. The lowest BCUT2D eigenvalue weighted by Crippen LogP contribution is -2.35. The summed E-state index contributed by atoms with van der Waals surface area (Å²) in [5.41, 5.74) is 0.546. The van der Waals surface area contributed by atoms with E-state index in [2.05, 4.69) is 47.5 Å². The number of likely N-dealkylation sites (N-methyl/N-ethyl adjacent to an activating group) is 1. The van der Waals surface area contributed by atoms with Gasteiger partial charge in [0, 0.05) is 24.3 Å². The number of aromatic nitrogens is 3. The van der Waals surface area contributed by atoms with Crippen LogP contribution >= 0.6 is 0 Å². The summed E-state index contributed by atoms with van der Waals surface area (Å²) < 4.78 is 41.3. The molecule has 1 aromatic heterocycles. The van der Waals surface area contributed by atoms with E-state index in [0.29, 0.717) is 35.6 Å². The van der Waals surface area contributed by atoms with Crippen molar-refractivity contribution in [3.8, 4) is 5.75 Å². The van der Waals surface area contributed by atoms with Gasteiger partial charge >= 0.3 is 6.36 Å². The normalized spacial score (nSPS) is 19.8. The van der Waals surface area contributed by atoms with Gasteiger partial charge in [0.05, 0.1) is 0 Å². The molecule has 11 heteroatoms. The maximum absolute atomic E-state index is 12.4. The fraction of sp³-hybridized carbons (Fsp3) is 0.625. The molecular weight excluding hydrogens is 459 g/mol. The lowest BCUT2D eigenvalue weighted by molar-refractivity contribution is -0.274. The van der Waals surface area contributed by atoms with Crippen molar-refractivity contribution in [2.24, 2.45) is 0 Å². The molecule has 4 rings (SSSR count). The van der Waals surface area contributed by atoms with Gasteiger partial charge in [-0.3, -0.25) is 4.90 Å². The van der Waals surface area contributed by atoms with E-state index in [1.54, 1.807) is 0 Å². The summed E-state index contributed by atoms with van der Waals surface area (Å²) in [4.78, 5) is 16.1. The molecule has 2 aromatic rings. The number of alkyl halides is 3. The summed E-state index contributed by atoms with van der Waals surface area (Å²) in [5, 5.41) is 9.93. The number of likely N-dealkylation sites (tertiary alicyclic amines) is 1. The number of nitrogens with zero attached hydrogens (tertiary/aromatic N) is 4. The van der Waals surface area contributed by atoms with Crippen LogP contribution in [0.3, 0.4) is 0 Å². The Morgan fingerprint density at radius 1 is 0.914 bits per heavy atom. The van der Waals surface area contributed by atoms with Crippen LogP contribution < -0.4 is 20.7 Å². The minimum absolute atomic E-state index is 0.284. The summed E-state index contributed by atoms with van der Waals surface area (Å²) in [7, 11) is 0. The Balaban J connectivity index is 1.48.